The molecule has 1 heterocycles. The Morgan fingerprint density at radius 3 is 1.38 bits per heavy atom. The van der Waals surface area contributed by atoms with Crippen LogP contribution in [0.2, 0.25) is 0 Å². The van der Waals surface area contributed by atoms with Crippen molar-refractivity contribution < 1.29 is 4.42 Å². The lowest BCUT2D eigenvalue weighted by Crippen LogP contribution is -2.09. The molecule has 0 aliphatic rings. The number of nitrogens with zero attached hydrogens (tertiary/aromatic N) is 1. The maximum absolute atomic E-state index is 6.11. The summed E-state index contributed by atoms with van der Waals surface area (Å²) in [6.45, 7) is 10.1. The number of benzene rings is 7. The van der Waals surface area contributed by atoms with Crippen molar-refractivity contribution in [3.63, 3.8) is 0 Å². The molecule has 8 rings (SSSR count). The zero-order chi connectivity index (χ0) is 33.3. The van der Waals surface area contributed by atoms with Gasteiger partial charge in [-0.1, -0.05) is 161 Å². The summed E-state index contributed by atoms with van der Waals surface area (Å²) in [7, 11) is 0. The van der Waals surface area contributed by atoms with Crippen molar-refractivity contribution in [1.82, 2.24) is 0 Å². The van der Waals surface area contributed by atoms with Crippen LogP contribution in [0.15, 0.2) is 186 Å². The van der Waals surface area contributed by atoms with E-state index in [-0.39, 0.29) is 0 Å². The summed E-state index contributed by atoms with van der Waals surface area (Å²) in [5, 5.41) is 4.92. The van der Waals surface area contributed by atoms with E-state index in [2.05, 4.69) is 133 Å². The van der Waals surface area contributed by atoms with E-state index in [0.29, 0.717) is 0 Å². The molecule has 1 aromatic heterocycles. The van der Waals surface area contributed by atoms with Crippen LogP contribution in [-0.2, 0) is 0 Å². The summed E-state index contributed by atoms with van der Waals surface area (Å²) >= 11 is 0. The van der Waals surface area contributed by atoms with Gasteiger partial charge in [-0.2, -0.15) is 0 Å². The van der Waals surface area contributed by atoms with E-state index in [1.807, 2.05) is 88.4 Å². The molecule has 0 unspecified atom stereocenters. The smallest absolute Gasteiger partial charge is 0.137 e. The van der Waals surface area contributed by atoms with Crippen molar-refractivity contribution in [3.05, 3.63) is 188 Å². The van der Waals surface area contributed by atoms with Crippen LogP contribution in [0.1, 0.15) is 33.3 Å². The maximum atomic E-state index is 6.11. The second-order valence-corrected chi connectivity index (χ2v) is 10.3. The van der Waals surface area contributed by atoms with Crippen LogP contribution in [0.3, 0.4) is 0 Å². The quantitative estimate of drug-likeness (QED) is 0.197. The Bertz CT molecular complexity index is 1950. The predicted octanol–water partition coefficient (Wildman–Crippen LogP) is 13.9. The number of anilines is 3. The molecular formula is C45H45NO. The number of fused-ring (bicyclic) bond motifs is 4. The fourth-order valence-corrected chi connectivity index (χ4v) is 5.16. The maximum Gasteiger partial charge on any atom is 0.137 e. The van der Waals surface area contributed by atoms with Gasteiger partial charge in [0.15, 0.2) is 0 Å². The van der Waals surface area contributed by atoms with Crippen LogP contribution in [0.25, 0.3) is 32.7 Å². The molecule has 0 saturated carbocycles. The van der Waals surface area contributed by atoms with E-state index >= 15 is 0 Å². The third-order valence-corrected chi connectivity index (χ3v) is 7.22. The van der Waals surface area contributed by atoms with Gasteiger partial charge >= 0.3 is 0 Å². The van der Waals surface area contributed by atoms with E-state index in [1.54, 1.807) is 0 Å². The largest absolute Gasteiger partial charge is 0.456 e. The molecule has 7 aromatic carbocycles. The Kier molecular flexibility index (Phi) is 13.4. The molecule has 0 saturated heterocycles. The highest BCUT2D eigenvalue weighted by molar-refractivity contribution is 6.06. The normalized spacial score (nSPS) is 9.81. The SMILES string of the molecule is CC.CC.Cc1cccc(N(c2ccccc2)c2ccc3c(c2)oc2ccccc23)c1.c1ccc2ccccc2c1.c1ccccc1. The van der Waals surface area contributed by atoms with Gasteiger partial charge in [-0.3, -0.25) is 0 Å². The van der Waals surface area contributed by atoms with Crippen LogP contribution in [-0.4, -0.2) is 0 Å². The summed E-state index contributed by atoms with van der Waals surface area (Å²) in [5.74, 6) is 0. The second-order valence-electron chi connectivity index (χ2n) is 10.3. The minimum absolute atomic E-state index is 0.905. The van der Waals surface area contributed by atoms with Crippen molar-refractivity contribution >= 4 is 49.8 Å². The monoisotopic (exact) mass is 615 g/mol. The second kappa shape index (κ2) is 18.4. The highest BCUT2D eigenvalue weighted by Gasteiger charge is 2.15. The summed E-state index contributed by atoms with van der Waals surface area (Å²) < 4.78 is 6.11. The van der Waals surface area contributed by atoms with Crippen molar-refractivity contribution in [1.29, 1.82) is 0 Å². The van der Waals surface area contributed by atoms with E-state index < -0.39 is 0 Å². The van der Waals surface area contributed by atoms with Gasteiger partial charge in [-0.15, -0.1) is 0 Å². The molecule has 0 aliphatic heterocycles. The molecule has 8 aromatic rings. The molecule has 0 spiro atoms. The van der Waals surface area contributed by atoms with E-state index in [9.17, 15) is 0 Å². The van der Waals surface area contributed by atoms with Gasteiger partial charge in [0.1, 0.15) is 11.2 Å². The van der Waals surface area contributed by atoms with Crippen LogP contribution >= 0.6 is 0 Å². The zero-order valence-electron chi connectivity index (χ0n) is 28.2. The van der Waals surface area contributed by atoms with Gasteiger partial charge in [-0.05, 0) is 65.7 Å². The Hall–Kier alpha value is -5.60. The molecule has 0 atom stereocenters. The standard InChI is InChI=1S/C25H19NO.C10H8.C6H6.2C2H6/c1-18-8-7-11-20(16-18)26(19-9-3-2-4-10-19)21-14-15-23-22-12-5-6-13-24(22)27-25(23)17-21;1-2-6-10-8-4-3-7-9(10)5-1;1-2-4-6-5-3-1;2*1-2/h2-17H,1H3;1-8H;1-6H;2*1-2H3. The molecule has 236 valence electrons. The van der Waals surface area contributed by atoms with Crippen LogP contribution in [0, 0.1) is 6.92 Å². The first-order valence-electron chi connectivity index (χ1n) is 16.5. The molecule has 2 nitrogen and oxygen atoms in total. The zero-order valence-corrected chi connectivity index (χ0v) is 28.2. The van der Waals surface area contributed by atoms with Crippen LogP contribution in [0.5, 0.6) is 0 Å². The number of hydrogen-bond acceptors (Lipinski definition) is 2. The minimum Gasteiger partial charge on any atom is -0.456 e. The topological polar surface area (TPSA) is 16.4 Å². The molecular weight excluding hydrogens is 571 g/mol. The van der Waals surface area contributed by atoms with Gasteiger partial charge in [0.05, 0.1) is 0 Å². The number of aryl methyl sites for hydroxylation is 1. The Labute approximate surface area is 280 Å². The van der Waals surface area contributed by atoms with Gasteiger partial charge in [0.2, 0.25) is 0 Å². The Morgan fingerprint density at radius 2 is 0.809 bits per heavy atom. The Balaban J connectivity index is 0.000000204. The van der Waals surface area contributed by atoms with Gasteiger partial charge in [-0.25, -0.2) is 0 Å². The molecule has 0 bridgehead atoms. The molecule has 2 heteroatoms. The third-order valence-electron chi connectivity index (χ3n) is 7.22. The highest BCUT2D eigenvalue weighted by Crippen LogP contribution is 2.38. The molecule has 0 N–H and O–H groups in total. The number of hydrogen-bond donors (Lipinski definition) is 0. The van der Waals surface area contributed by atoms with E-state index in [4.69, 9.17) is 4.42 Å². The number of para-hydroxylation sites is 2. The average Bonchev–Trinajstić information content (AvgIpc) is 3.53. The molecule has 0 amide bonds. The van der Waals surface area contributed by atoms with Crippen molar-refractivity contribution in [3.8, 4) is 0 Å². The molecule has 0 fully saturated rings. The summed E-state index contributed by atoms with van der Waals surface area (Å²) in [4.78, 5) is 2.26. The van der Waals surface area contributed by atoms with Crippen LogP contribution in [0.4, 0.5) is 17.1 Å². The highest BCUT2D eigenvalue weighted by atomic mass is 16.3. The lowest BCUT2D eigenvalue weighted by molar-refractivity contribution is 0.669. The van der Waals surface area contributed by atoms with Crippen molar-refractivity contribution in [2.24, 2.45) is 0 Å². The van der Waals surface area contributed by atoms with Gasteiger partial charge < -0.3 is 9.32 Å². The Morgan fingerprint density at radius 1 is 0.362 bits per heavy atom. The van der Waals surface area contributed by atoms with Crippen LogP contribution < -0.4 is 4.90 Å². The fraction of sp³-hybridized carbons (Fsp3) is 0.111. The lowest BCUT2D eigenvalue weighted by atomic mass is 10.1. The van der Waals surface area contributed by atoms with E-state index in [1.165, 1.54) is 16.3 Å². The van der Waals surface area contributed by atoms with Gasteiger partial charge in [0.25, 0.3) is 0 Å². The number of rotatable bonds is 3. The first-order valence-corrected chi connectivity index (χ1v) is 16.5. The summed E-state index contributed by atoms with van der Waals surface area (Å²) in [5.41, 5.74) is 6.40. The third kappa shape index (κ3) is 9.22. The van der Waals surface area contributed by atoms with Crippen molar-refractivity contribution in [2.75, 3.05) is 4.90 Å². The van der Waals surface area contributed by atoms with E-state index in [0.717, 1.165) is 39.0 Å². The minimum atomic E-state index is 0.905. The predicted molar refractivity (Wildman–Crippen MR) is 206 cm³/mol. The summed E-state index contributed by atoms with van der Waals surface area (Å²) in [6, 6.07) is 62.3. The fourth-order valence-electron chi connectivity index (χ4n) is 5.16. The number of furan rings is 1. The van der Waals surface area contributed by atoms with Gasteiger partial charge in [0, 0.05) is 33.9 Å². The lowest BCUT2D eigenvalue weighted by Gasteiger charge is -2.25. The van der Waals surface area contributed by atoms with Crippen molar-refractivity contribution in [2.45, 2.75) is 34.6 Å². The molecule has 0 radical (unpaired) electrons. The average molecular weight is 616 g/mol. The molecule has 47 heavy (non-hydrogen) atoms. The first kappa shape index (κ1) is 34.3. The molecule has 0 aliphatic carbocycles. The first-order chi connectivity index (χ1) is 23.3. The summed E-state index contributed by atoms with van der Waals surface area (Å²) in [6.07, 6.45) is 0.